The number of hydrogen-bond acceptors (Lipinski definition) is 7. The molecule has 3 N–H and O–H groups in total. The van der Waals surface area contributed by atoms with E-state index in [1.165, 1.54) is 19.2 Å². The zero-order valence-corrected chi connectivity index (χ0v) is 18.0. The summed E-state index contributed by atoms with van der Waals surface area (Å²) in [7, 11) is 1.68. The SMILES string of the molecule is COc1ccc(I)c(Sc2nc3c(N)ncnc3n2CCCNC2CC2)c1. The van der Waals surface area contributed by atoms with Gasteiger partial charge >= 0.3 is 0 Å². The van der Waals surface area contributed by atoms with E-state index in [4.69, 9.17) is 15.5 Å². The van der Waals surface area contributed by atoms with Crippen LogP contribution in [0.15, 0.2) is 34.6 Å². The Morgan fingerprint density at radius 3 is 3.00 bits per heavy atom. The highest BCUT2D eigenvalue weighted by molar-refractivity contribution is 14.1. The highest BCUT2D eigenvalue weighted by atomic mass is 127. The molecule has 3 aromatic rings. The first-order chi connectivity index (χ1) is 13.2. The maximum absolute atomic E-state index is 6.04. The molecule has 0 atom stereocenters. The lowest BCUT2D eigenvalue weighted by Gasteiger charge is -2.10. The number of nitrogens with one attached hydrogen (secondary N) is 1. The Labute approximate surface area is 175 Å². The summed E-state index contributed by atoms with van der Waals surface area (Å²) in [5.74, 6) is 1.24. The van der Waals surface area contributed by atoms with Gasteiger partial charge in [-0.15, -0.1) is 0 Å². The van der Waals surface area contributed by atoms with Crippen LogP contribution in [0.1, 0.15) is 19.3 Å². The zero-order chi connectivity index (χ0) is 18.8. The van der Waals surface area contributed by atoms with Gasteiger partial charge in [0, 0.05) is 21.1 Å². The third-order valence-corrected chi connectivity index (χ3v) is 6.79. The fraction of sp³-hybridized carbons (Fsp3) is 0.389. The molecule has 0 spiro atoms. The van der Waals surface area contributed by atoms with Crippen molar-refractivity contribution in [2.45, 2.75) is 41.9 Å². The van der Waals surface area contributed by atoms with Gasteiger partial charge in [0.1, 0.15) is 12.1 Å². The van der Waals surface area contributed by atoms with E-state index in [0.717, 1.165) is 50.6 Å². The Balaban J connectivity index is 1.63. The lowest BCUT2D eigenvalue weighted by molar-refractivity contribution is 0.413. The van der Waals surface area contributed by atoms with Crippen LogP contribution in [0.5, 0.6) is 5.75 Å². The number of aromatic nitrogens is 4. The first-order valence-corrected chi connectivity index (χ1v) is 10.8. The molecule has 0 aliphatic heterocycles. The van der Waals surface area contributed by atoms with Gasteiger partial charge in [-0.1, -0.05) is 11.8 Å². The van der Waals surface area contributed by atoms with Crippen LogP contribution in [-0.2, 0) is 6.54 Å². The largest absolute Gasteiger partial charge is 0.497 e. The first kappa shape index (κ1) is 18.8. The van der Waals surface area contributed by atoms with Crippen LogP contribution in [0.25, 0.3) is 11.2 Å². The Hall–Kier alpha value is -1.59. The van der Waals surface area contributed by atoms with Crippen molar-refractivity contribution in [3.8, 4) is 5.75 Å². The van der Waals surface area contributed by atoms with Gasteiger partial charge in [0.25, 0.3) is 0 Å². The summed E-state index contributed by atoms with van der Waals surface area (Å²) >= 11 is 3.93. The minimum atomic E-state index is 0.414. The van der Waals surface area contributed by atoms with Crippen molar-refractivity contribution in [1.29, 1.82) is 0 Å². The standard InChI is InChI=1S/C18H21IN6OS/c1-26-12-5-6-13(19)14(9-12)27-18-24-15-16(20)22-10-23-17(15)25(18)8-2-7-21-11-3-4-11/h5-6,9-11,21H,2-4,7-8H2,1H3,(H2,20,22,23). The predicted octanol–water partition coefficient (Wildman–Crippen LogP) is 3.32. The molecule has 2 heterocycles. The van der Waals surface area contributed by atoms with E-state index in [0.29, 0.717) is 11.3 Å². The van der Waals surface area contributed by atoms with Gasteiger partial charge in [-0.05, 0) is 66.6 Å². The molecule has 2 aromatic heterocycles. The highest BCUT2D eigenvalue weighted by Gasteiger charge is 2.20. The second-order valence-electron chi connectivity index (χ2n) is 6.46. The zero-order valence-electron chi connectivity index (χ0n) is 15.0. The molecule has 142 valence electrons. The molecular formula is C18H21IN6OS. The number of ether oxygens (including phenoxy) is 1. The van der Waals surface area contributed by atoms with Gasteiger partial charge < -0.3 is 20.4 Å². The maximum Gasteiger partial charge on any atom is 0.175 e. The van der Waals surface area contributed by atoms with Crippen LogP contribution < -0.4 is 15.8 Å². The number of aryl methyl sites for hydroxylation is 1. The summed E-state index contributed by atoms with van der Waals surface area (Å²) in [5, 5.41) is 4.43. The minimum absolute atomic E-state index is 0.414. The third-order valence-electron chi connectivity index (χ3n) is 4.43. The number of rotatable bonds is 8. The average Bonchev–Trinajstić information content (AvgIpc) is 3.43. The second-order valence-corrected chi connectivity index (χ2v) is 8.63. The number of anilines is 1. The average molecular weight is 496 g/mol. The number of fused-ring (bicyclic) bond motifs is 1. The molecule has 0 bridgehead atoms. The van der Waals surface area contributed by atoms with Crippen molar-refractivity contribution in [3.63, 3.8) is 0 Å². The fourth-order valence-electron chi connectivity index (χ4n) is 2.83. The van der Waals surface area contributed by atoms with Crippen LogP contribution in [-0.4, -0.2) is 39.2 Å². The van der Waals surface area contributed by atoms with Crippen LogP contribution in [0.3, 0.4) is 0 Å². The van der Waals surface area contributed by atoms with E-state index in [2.05, 4.69) is 42.4 Å². The number of nitrogens with two attached hydrogens (primary N) is 1. The molecule has 0 saturated heterocycles. The summed E-state index contributed by atoms with van der Waals surface area (Å²) < 4.78 is 8.66. The van der Waals surface area contributed by atoms with Gasteiger partial charge in [-0.25, -0.2) is 15.0 Å². The molecule has 1 saturated carbocycles. The van der Waals surface area contributed by atoms with E-state index in [-0.39, 0.29) is 0 Å². The number of benzene rings is 1. The van der Waals surface area contributed by atoms with Gasteiger partial charge in [0.2, 0.25) is 0 Å². The number of methoxy groups -OCH3 is 1. The number of imidazole rings is 1. The van der Waals surface area contributed by atoms with Gasteiger partial charge in [-0.3, -0.25) is 0 Å². The summed E-state index contributed by atoms with van der Waals surface area (Å²) in [4.78, 5) is 14.4. The number of halogens is 1. The molecular weight excluding hydrogens is 475 g/mol. The second kappa shape index (κ2) is 8.19. The molecule has 1 aliphatic rings. The Morgan fingerprint density at radius 1 is 1.37 bits per heavy atom. The quantitative estimate of drug-likeness (QED) is 0.365. The van der Waals surface area contributed by atoms with Crippen LogP contribution in [0, 0.1) is 3.57 Å². The number of hydrogen-bond donors (Lipinski definition) is 2. The normalized spacial score (nSPS) is 14.0. The Kier molecular flexibility index (Phi) is 5.69. The Morgan fingerprint density at radius 2 is 2.22 bits per heavy atom. The van der Waals surface area contributed by atoms with E-state index in [1.54, 1.807) is 18.9 Å². The van der Waals surface area contributed by atoms with Gasteiger partial charge in [0.15, 0.2) is 22.1 Å². The summed E-state index contributed by atoms with van der Waals surface area (Å²) in [6.07, 6.45) is 5.11. The fourth-order valence-corrected chi connectivity index (χ4v) is 4.46. The van der Waals surface area contributed by atoms with E-state index >= 15 is 0 Å². The van der Waals surface area contributed by atoms with Crippen LogP contribution in [0.4, 0.5) is 5.82 Å². The van der Waals surface area contributed by atoms with Crippen LogP contribution >= 0.6 is 34.4 Å². The molecule has 9 heteroatoms. The molecule has 1 aliphatic carbocycles. The Bertz CT molecular complexity index is 958. The number of nitrogen functional groups attached to an aromatic ring is 1. The van der Waals surface area contributed by atoms with Gasteiger partial charge in [0.05, 0.1) is 7.11 Å². The molecule has 27 heavy (non-hydrogen) atoms. The monoisotopic (exact) mass is 496 g/mol. The van der Waals surface area contributed by atoms with Crippen molar-refractivity contribution >= 4 is 51.3 Å². The van der Waals surface area contributed by atoms with E-state index in [9.17, 15) is 0 Å². The highest BCUT2D eigenvalue weighted by Crippen LogP contribution is 2.35. The van der Waals surface area contributed by atoms with E-state index in [1.807, 2.05) is 18.2 Å². The third kappa shape index (κ3) is 4.30. The van der Waals surface area contributed by atoms with Crippen molar-refractivity contribution in [1.82, 2.24) is 24.8 Å². The summed E-state index contributed by atoms with van der Waals surface area (Å²) in [6, 6.07) is 6.75. The first-order valence-electron chi connectivity index (χ1n) is 8.87. The van der Waals surface area contributed by atoms with Crippen molar-refractivity contribution in [3.05, 3.63) is 28.1 Å². The van der Waals surface area contributed by atoms with Crippen molar-refractivity contribution in [2.24, 2.45) is 0 Å². The molecule has 1 fully saturated rings. The molecule has 0 amide bonds. The smallest absolute Gasteiger partial charge is 0.175 e. The predicted molar refractivity (Wildman–Crippen MR) is 115 cm³/mol. The molecule has 7 nitrogen and oxygen atoms in total. The van der Waals surface area contributed by atoms with Gasteiger partial charge in [-0.2, -0.15) is 0 Å². The lowest BCUT2D eigenvalue weighted by Crippen LogP contribution is -2.19. The van der Waals surface area contributed by atoms with E-state index < -0.39 is 0 Å². The van der Waals surface area contributed by atoms with Crippen molar-refractivity contribution < 1.29 is 4.74 Å². The minimum Gasteiger partial charge on any atom is -0.497 e. The molecule has 0 unspecified atom stereocenters. The number of nitrogens with zero attached hydrogens (tertiary/aromatic N) is 4. The summed E-state index contributed by atoms with van der Waals surface area (Å²) in [5.41, 5.74) is 7.49. The molecule has 0 radical (unpaired) electrons. The van der Waals surface area contributed by atoms with Crippen molar-refractivity contribution in [2.75, 3.05) is 19.4 Å². The van der Waals surface area contributed by atoms with Crippen LogP contribution in [0.2, 0.25) is 0 Å². The maximum atomic E-state index is 6.04. The molecule has 1 aromatic carbocycles. The molecule has 4 rings (SSSR count). The lowest BCUT2D eigenvalue weighted by atomic mass is 10.3. The topological polar surface area (TPSA) is 90.9 Å². The summed E-state index contributed by atoms with van der Waals surface area (Å²) in [6.45, 7) is 1.82.